The molecule has 0 aliphatic carbocycles. The van der Waals surface area contributed by atoms with Crippen LogP contribution in [0.1, 0.15) is 24.5 Å². The summed E-state index contributed by atoms with van der Waals surface area (Å²) in [6.45, 7) is 5.65. The van der Waals surface area contributed by atoms with Crippen LogP contribution < -0.4 is 10.6 Å². The van der Waals surface area contributed by atoms with Crippen LogP contribution in [0, 0.1) is 18.2 Å². The van der Waals surface area contributed by atoms with Gasteiger partial charge in [-0.15, -0.1) is 0 Å². The number of rotatable bonds is 3. The Balaban J connectivity index is 1.95. The summed E-state index contributed by atoms with van der Waals surface area (Å²) in [5.74, 6) is -0.191. The molecule has 2 N–H and O–H groups in total. The van der Waals surface area contributed by atoms with Crippen molar-refractivity contribution in [2.24, 2.45) is 5.41 Å². The van der Waals surface area contributed by atoms with Crippen LogP contribution in [0.2, 0.25) is 0 Å². The van der Waals surface area contributed by atoms with Crippen molar-refractivity contribution in [2.45, 2.75) is 26.8 Å². The van der Waals surface area contributed by atoms with Crippen LogP contribution in [0.4, 0.5) is 4.39 Å². The van der Waals surface area contributed by atoms with Crippen molar-refractivity contribution in [2.75, 3.05) is 13.1 Å². The molecule has 1 aromatic rings. The van der Waals surface area contributed by atoms with Crippen LogP contribution in [0.15, 0.2) is 18.2 Å². The van der Waals surface area contributed by atoms with E-state index in [1.54, 1.807) is 13.0 Å². The molecule has 1 saturated heterocycles. The SMILES string of the molecule is Cc1ccc(CNC(=O)C2(C)CCNC2)cc1F. The van der Waals surface area contributed by atoms with E-state index in [0.717, 1.165) is 18.5 Å². The molecule has 1 amide bonds. The number of hydrogen-bond acceptors (Lipinski definition) is 2. The highest BCUT2D eigenvalue weighted by molar-refractivity contribution is 5.82. The van der Waals surface area contributed by atoms with Gasteiger partial charge in [0.2, 0.25) is 5.91 Å². The molecule has 3 nitrogen and oxygen atoms in total. The van der Waals surface area contributed by atoms with E-state index in [2.05, 4.69) is 10.6 Å². The maximum atomic E-state index is 13.4. The first-order chi connectivity index (χ1) is 8.51. The minimum Gasteiger partial charge on any atom is -0.352 e. The quantitative estimate of drug-likeness (QED) is 0.858. The Labute approximate surface area is 107 Å². The summed E-state index contributed by atoms with van der Waals surface area (Å²) in [6, 6.07) is 5.05. The van der Waals surface area contributed by atoms with Crippen molar-refractivity contribution in [3.8, 4) is 0 Å². The first-order valence-electron chi connectivity index (χ1n) is 6.25. The minimum atomic E-state index is -0.330. The van der Waals surface area contributed by atoms with Gasteiger partial charge in [0.25, 0.3) is 0 Å². The van der Waals surface area contributed by atoms with E-state index < -0.39 is 0 Å². The Morgan fingerprint density at radius 2 is 2.33 bits per heavy atom. The molecule has 4 heteroatoms. The van der Waals surface area contributed by atoms with Crippen molar-refractivity contribution in [3.05, 3.63) is 35.1 Å². The Bertz CT molecular complexity index is 453. The highest BCUT2D eigenvalue weighted by Gasteiger charge is 2.35. The van der Waals surface area contributed by atoms with Crippen LogP contribution in [0.25, 0.3) is 0 Å². The van der Waals surface area contributed by atoms with Gasteiger partial charge in [-0.05, 0) is 44.0 Å². The second-order valence-electron chi connectivity index (χ2n) is 5.25. The first-order valence-corrected chi connectivity index (χ1v) is 6.25. The lowest BCUT2D eigenvalue weighted by molar-refractivity contribution is -0.129. The number of hydrogen-bond donors (Lipinski definition) is 2. The Hall–Kier alpha value is -1.42. The fourth-order valence-corrected chi connectivity index (χ4v) is 2.15. The summed E-state index contributed by atoms with van der Waals surface area (Å²) in [7, 11) is 0. The normalized spacial score (nSPS) is 23.1. The number of nitrogens with one attached hydrogen (secondary N) is 2. The van der Waals surface area contributed by atoms with Gasteiger partial charge in [0.15, 0.2) is 0 Å². The van der Waals surface area contributed by atoms with Gasteiger partial charge in [-0.3, -0.25) is 4.79 Å². The lowest BCUT2D eigenvalue weighted by atomic mass is 9.89. The van der Waals surface area contributed by atoms with Gasteiger partial charge in [-0.2, -0.15) is 0 Å². The van der Waals surface area contributed by atoms with Crippen LogP contribution in [-0.4, -0.2) is 19.0 Å². The predicted molar refractivity (Wildman–Crippen MR) is 68.6 cm³/mol. The molecule has 0 aromatic heterocycles. The average Bonchev–Trinajstić information content (AvgIpc) is 2.79. The van der Waals surface area contributed by atoms with Crippen molar-refractivity contribution in [3.63, 3.8) is 0 Å². The second-order valence-corrected chi connectivity index (χ2v) is 5.25. The largest absolute Gasteiger partial charge is 0.352 e. The monoisotopic (exact) mass is 250 g/mol. The van der Waals surface area contributed by atoms with Gasteiger partial charge in [0.05, 0.1) is 5.41 Å². The van der Waals surface area contributed by atoms with E-state index in [9.17, 15) is 9.18 Å². The summed E-state index contributed by atoms with van der Waals surface area (Å²) in [4.78, 5) is 12.0. The molecule has 1 heterocycles. The van der Waals surface area contributed by atoms with Crippen molar-refractivity contribution < 1.29 is 9.18 Å². The second kappa shape index (κ2) is 5.06. The lowest BCUT2D eigenvalue weighted by Gasteiger charge is -2.21. The average molecular weight is 250 g/mol. The fourth-order valence-electron chi connectivity index (χ4n) is 2.15. The molecule has 0 saturated carbocycles. The van der Waals surface area contributed by atoms with Crippen molar-refractivity contribution in [1.29, 1.82) is 0 Å². The molecule has 0 bridgehead atoms. The number of amides is 1. The lowest BCUT2D eigenvalue weighted by Crippen LogP contribution is -2.40. The van der Waals surface area contributed by atoms with Crippen LogP contribution in [0.3, 0.4) is 0 Å². The summed E-state index contributed by atoms with van der Waals surface area (Å²) < 4.78 is 13.4. The third-order valence-corrected chi connectivity index (χ3v) is 3.61. The molecule has 1 fully saturated rings. The maximum absolute atomic E-state index is 13.4. The third kappa shape index (κ3) is 2.70. The number of aryl methyl sites for hydroxylation is 1. The molecule has 1 unspecified atom stereocenters. The number of halogens is 1. The van der Waals surface area contributed by atoms with Gasteiger partial charge in [-0.25, -0.2) is 4.39 Å². The Kier molecular flexibility index (Phi) is 3.66. The molecule has 18 heavy (non-hydrogen) atoms. The topological polar surface area (TPSA) is 41.1 Å². The molecule has 98 valence electrons. The van der Waals surface area contributed by atoms with E-state index in [4.69, 9.17) is 0 Å². The van der Waals surface area contributed by atoms with Crippen molar-refractivity contribution in [1.82, 2.24) is 10.6 Å². The van der Waals surface area contributed by atoms with E-state index in [-0.39, 0.29) is 17.1 Å². The summed E-state index contributed by atoms with van der Waals surface area (Å²) in [5.41, 5.74) is 1.08. The van der Waals surface area contributed by atoms with E-state index in [1.807, 2.05) is 13.0 Å². The number of benzene rings is 1. The summed E-state index contributed by atoms with van der Waals surface area (Å²) in [6.07, 6.45) is 0.848. The van der Waals surface area contributed by atoms with Crippen LogP contribution in [0.5, 0.6) is 0 Å². The standard InChI is InChI=1S/C14H19FN2O/c1-10-3-4-11(7-12(10)15)8-17-13(18)14(2)5-6-16-9-14/h3-4,7,16H,5-6,8-9H2,1-2H3,(H,17,18). The van der Waals surface area contributed by atoms with Gasteiger partial charge >= 0.3 is 0 Å². The summed E-state index contributed by atoms with van der Waals surface area (Å²) >= 11 is 0. The Morgan fingerprint density at radius 1 is 1.56 bits per heavy atom. The highest BCUT2D eigenvalue weighted by Crippen LogP contribution is 2.24. The molecule has 1 aliphatic heterocycles. The zero-order valence-electron chi connectivity index (χ0n) is 10.8. The van der Waals surface area contributed by atoms with Gasteiger partial charge in [0, 0.05) is 13.1 Å². The molecule has 2 rings (SSSR count). The van der Waals surface area contributed by atoms with E-state index >= 15 is 0 Å². The summed E-state index contributed by atoms with van der Waals surface area (Å²) in [5, 5.41) is 6.07. The van der Waals surface area contributed by atoms with E-state index in [1.165, 1.54) is 6.07 Å². The van der Waals surface area contributed by atoms with Gasteiger partial charge in [-0.1, -0.05) is 12.1 Å². The number of carbonyl (C=O) groups excluding carboxylic acids is 1. The zero-order chi connectivity index (χ0) is 13.2. The van der Waals surface area contributed by atoms with E-state index in [0.29, 0.717) is 18.7 Å². The molecular formula is C14H19FN2O. The molecule has 1 atom stereocenters. The van der Waals surface area contributed by atoms with Crippen molar-refractivity contribution >= 4 is 5.91 Å². The first kappa shape index (κ1) is 13.0. The predicted octanol–water partition coefficient (Wildman–Crippen LogP) is 1.75. The minimum absolute atomic E-state index is 0.0356. The molecule has 0 spiro atoms. The highest BCUT2D eigenvalue weighted by atomic mass is 19.1. The molecule has 1 aliphatic rings. The van der Waals surface area contributed by atoms with Gasteiger partial charge < -0.3 is 10.6 Å². The molecular weight excluding hydrogens is 231 g/mol. The molecule has 1 aromatic carbocycles. The van der Waals surface area contributed by atoms with Crippen LogP contribution in [-0.2, 0) is 11.3 Å². The fraction of sp³-hybridized carbons (Fsp3) is 0.500. The molecule has 0 radical (unpaired) electrons. The number of carbonyl (C=O) groups is 1. The zero-order valence-corrected chi connectivity index (χ0v) is 10.8. The third-order valence-electron chi connectivity index (χ3n) is 3.61. The smallest absolute Gasteiger partial charge is 0.227 e. The van der Waals surface area contributed by atoms with Crippen LogP contribution >= 0.6 is 0 Å². The maximum Gasteiger partial charge on any atom is 0.227 e. The Morgan fingerprint density at radius 3 is 2.94 bits per heavy atom. The van der Waals surface area contributed by atoms with Gasteiger partial charge in [0.1, 0.15) is 5.82 Å².